The number of amides is 3. The predicted molar refractivity (Wildman–Crippen MR) is 133 cm³/mol. The summed E-state index contributed by atoms with van der Waals surface area (Å²) in [6, 6.07) is 4.77. The van der Waals surface area contributed by atoms with Gasteiger partial charge in [-0.05, 0) is 43.9 Å². The fraction of sp³-hybridized carbons (Fsp3) is 0.538. The normalized spacial score (nSPS) is 20.5. The van der Waals surface area contributed by atoms with E-state index in [1.54, 1.807) is 12.1 Å². The van der Waals surface area contributed by atoms with Crippen molar-refractivity contribution < 1.29 is 23.5 Å². The molecule has 192 valence electrons. The number of hydrogen-bond acceptors (Lipinski definition) is 5. The van der Waals surface area contributed by atoms with Crippen LogP contribution < -0.4 is 20.4 Å². The number of rotatable bonds is 6. The Hall–Kier alpha value is -3.61. The zero-order valence-corrected chi connectivity index (χ0v) is 20.5. The minimum atomic E-state index is -0.580. The second-order valence-corrected chi connectivity index (χ2v) is 9.55. The molecule has 4 rings (SSSR count). The van der Waals surface area contributed by atoms with E-state index in [2.05, 4.69) is 15.5 Å². The molecule has 36 heavy (non-hydrogen) atoms. The molecule has 3 amide bonds. The van der Waals surface area contributed by atoms with Crippen LogP contribution in [0.4, 0.5) is 20.6 Å². The lowest BCUT2D eigenvalue weighted by atomic mass is 9.95. The molecule has 2 saturated heterocycles. The molecule has 1 atom stereocenters. The summed E-state index contributed by atoms with van der Waals surface area (Å²) in [7, 11) is 0. The van der Waals surface area contributed by atoms with E-state index in [0.717, 1.165) is 31.3 Å². The van der Waals surface area contributed by atoms with Gasteiger partial charge in [-0.1, -0.05) is 24.8 Å². The molecule has 0 aromatic heterocycles. The smallest absolute Gasteiger partial charge is 0.414 e. The summed E-state index contributed by atoms with van der Waals surface area (Å²) in [5.41, 5.74) is 1.80. The lowest BCUT2D eigenvalue weighted by Crippen LogP contribution is -2.38. The van der Waals surface area contributed by atoms with E-state index < -0.39 is 18.0 Å². The minimum Gasteiger partial charge on any atom is -0.442 e. The van der Waals surface area contributed by atoms with Gasteiger partial charge >= 0.3 is 6.09 Å². The topological polar surface area (TPSA) is 95.3 Å². The van der Waals surface area contributed by atoms with Crippen LogP contribution in [0.1, 0.15) is 51.9 Å². The van der Waals surface area contributed by atoms with Crippen molar-refractivity contribution in [1.82, 2.24) is 10.6 Å². The summed E-state index contributed by atoms with van der Waals surface area (Å²) in [5.74, 6) is -0.962. The van der Waals surface area contributed by atoms with E-state index in [0.29, 0.717) is 37.3 Å². The van der Waals surface area contributed by atoms with Gasteiger partial charge in [-0.15, -0.1) is 0 Å². The average Bonchev–Trinajstić information content (AvgIpc) is 3.25. The Morgan fingerprint density at radius 3 is 2.56 bits per heavy atom. The van der Waals surface area contributed by atoms with Crippen molar-refractivity contribution >= 4 is 29.3 Å². The van der Waals surface area contributed by atoms with Crippen LogP contribution in [-0.2, 0) is 14.3 Å². The highest BCUT2D eigenvalue weighted by Crippen LogP contribution is 2.31. The largest absolute Gasteiger partial charge is 0.442 e. The van der Waals surface area contributed by atoms with Gasteiger partial charge in [0, 0.05) is 26.1 Å². The first-order valence-electron chi connectivity index (χ1n) is 12.5. The molecular formula is C26H32FN5O4. The number of ether oxygens (including phenoxy) is 1. The zero-order chi connectivity index (χ0) is 25.7. The molecular weight excluding hydrogens is 465 g/mol. The van der Waals surface area contributed by atoms with Crippen LogP contribution in [0.5, 0.6) is 0 Å². The van der Waals surface area contributed by atoms with E-state index in [4.69, 9.17) is 11.3 Å². The Bertz CT molecular complexity index is 1080. The van der Waals surface area contributed by atoms with E-state index in [9.17, 15) is 14.4 Å². The molecule has 3 fully saturated rings. The Labute approximate surface area is 210 Å². The quantitative estimate of drug-likeness (QED) is 0.463. The van der Waals surface area contributed by atoms with Crippen LogP contribution in [0.3, 0.4) is 0 Å². The number of hydrogen-bond donors (Lipinski definition) is 2. The van der Waals surface area contributed by atoms with Crippen molar-refractivity contribution in [1.29, 1.82) is 0 Å². The molecule has 2 N–H and O–H groups in total. The molecule has 1 aliphatic carbocycles. The Morgan fingerprint density at radius 2 is 1.92 bits per heavy atom. The van der Waals surface area contributed by atoms with Gasteiger partial charge in [-0.2, -0.15) is 0 Å². The molecule has 0 radical (unpaired) electrons. The van der Waals surface area contributed by atoms with Crippen LogP contribution in [0.2, 0.25) is 0 Å². The van der Waals surface area contributed by atoms with Crippen LogP contribution in [0.25, 0.3) is 4.85 Å². The lowest BCUT2D eigenvalue weighted by molar-refractivity contribution is -0.119. The van der Waals surface area contributed by atoms with E-state index >= 15 is 4.39 Å². The molecule has 1 saturated carbocycles. The second kappa shape index (κ2) is 11.4. The summed E-state index contributed by atoms with van der Waals surface area (Å²) in [6.07, 6.45) is 5.27. The van der Waals surface area contributed by atoms with Crippen LogP contribution >= 0.6 is 0 Å². The van der Waals surface area contributed by atoms with Gasteiger partial charge < -0.3 is 20.3 Å². The van der Waals surface area contributed by atoms with Gasteiger partial charge in [0.25, 0.3) is 0 Å². The van der Waals surface area contributed by atoms with Crippen LogP contribution in [0.15, 0.2) is 29.5 Å². The first-order valence-corrected chi connectivity index (χ1v) is 12.5. The van der Waals surface area contributed by atoms with E-state index in [1.165, 1.54) is 24.3 Å². The number of halogens is 1. The molecule has 2 heterocycles. The number of cyclic esters (lactones) is 1. The maximum absolute atomic E-state index is 15.1. The molecule has 1 aromatic rings. The van der Waals surface area contributed by atoms with Gasteiger partial charge in [0.15, 0.2) is 0 Å². The highest BCUT2D eigenvalue weighted by Gasteiger charge is 2.33. The number of nitrogens with zero attached hydrogens (tertiary/aromatic N) is 3. The summed E-state index contributed by atoms with van der Waals surface area (Å²) in [4.78, 5) is 42.8. The highest BCUT2D eigenvalue weighted by molar-refractivity contribution is 5.96. The van der Waals surface area contributed by atoms with Gasteiger partial charge in [0.1, 0.15) is 11.9 Å². The maximum Gasteiger partial charge on any atom is 0.414 e. The highest BCUT2D eigenvalue weighted by atomic mass is 19.1. The summed E-state index contributed by atoms with van der Waals surface area (Å²) in [6.45, 7) is 10.3. The molecule has 3 aliphatic rings. The number of benzene rings is 1. The van der Waals surface area contributed by atoms with Crippen molar-refractivity contribution in [2.45, 2.75) is 64.0 Å². The molecule has 1 aromatic carbocycles. The monoisotopic (exact) mass is 497 g/mol. The van der Waals surface area contributed by atoms with Crippen molar-refractivity contribution in [2.24, 2.45) is 0 Å². The lowest BCUT2D eigenvalue weighted by Gasteiger charge is -2.32. The standard InChI is InChI=1S/C26H32FN5O4/c1-17(33)29-15-21-16-32(26(35)36-21)20-8-9-23(22(27)14-20)31-12-10-18(11-13-31)24(28-2)25(34)30-19-6-4-3-5-7-19/h8-9,14,19,21H,3-7,10-13,15-16H2,1H3,(H,29,33)(H,30,34)/t21-/m0/s1. The minimum absolute atomic E-state index is 0.143. The first-order chi connectivity index (χ1) is 17.4. The molecule has 9 nitrogen and oxygen atoms in total. The van der Waals surface area contributed by atoms with Crippen LogP contribution in [-0.4, -0.2) is 56.2 Å². The van der Waals surface area contributed by atoms with Crippen molar-refractivity contribution in [3.05, 3.63) is 46.7 Å². The summed E-state index contributed by atoms with van der Waals surface area (Å²) < 4.78 is 20.3. The number of anilines is 2. The van der Waals surface area contributed by atoms with Gasteiger partial charge in [-0.3, -0.25) is 14.5 Å². The third kappa shape index (κ3) is 5.96. The third-order valence-corrected chi connectivity index (χ3v) is 7.01. The molecule has 2 aliphatic heterocycles. The molecule has 0 spiro atoms. The first kappa shape index (κ1) is 25.5. The number of nitrogens with one attached hydrogen (secondary N) is 2. The average molecular weight is 498 g/mol. The zero-order valence-electron chi connectivity index (χ0n) is 20.5. The van der Waals surface area contributed by atoms with E-state index in [-0.39, 0.29) is 36.6 Å². The van der Waals surface area contributed by atoms with Gasteiger partial charge in [0.2, 0.25) is 17.5 Å². The van der Waals surface area contributed by atoms with Crippen molar-refractivity contribution in [3.63, 3.8) is 0 Å². The fourth-order valence-electron chi connectivity index (χ4n) is 5.06. The summed E-state index contributed by atoms with van der Waals surface area (Å²) >= 11 is 0. The van der Waals surface area contributed by atoms with Gasteiger partial charge in [-0.25, -0.2) is 14.0 Å². The Kier molecular flexibility index (Phi) is 8.08. The third-order valence-electron chi connectivity index (χ3n) is 7.01. The van der Waals surface area contributed by atoms with Crippen molar-refractivity contribution in [3.8, 4) is 0 Å². The fourth-order valence-corrected chi connectivity index (χ4v) is 5.06. The van der Waals surface area contributed by atoms with E-state index in [1.807, 2.05) is 4.90 Å². The Balaban J connectivity index is 1.37. The molecule has 0 bridgehead atoms. The molecule has 10 heteroatoms. The number of carbonyl (C=O) groups excluding carboxylic acids is 3. The second-order valence-electron chi connectivity index (χ2n) is 9.55. The van der Waals surface area contributed by atoms with Gasteiger partial charge in [0.05, 0.1) is 31.0 Å². The SMILES string of the molecule is [C-]#[N+]C(C(=O)NC1CCCCC1)=C1CCN(c2ccc(N3C[C@H](CNC(C)=O)OC3=O)cc2F)CC1. The maximum atomic E-state index is 15.1. The number of piperidine rings is 1. The Morgan fingerprint density at radius 1 is 1.19 bits per heavy atom. The van der Waals surface area contributed by atoms with Crippen LogP contribution in [0, 0.1) is 12.4 Å². The predicted octanol–water partition coefficient (Wildman–Crippen LogP) is 3.51. The summed E-state index contributed by atoms with van der Waals surface area (Å²) in [5, 5.41) is 5.64. The van der Waals surface area contributed by atoms with Crippen molar-refractivity contribution in [2.75, 3.05) is 36.0 Å². The molecule has 0 unspecified atom stereocenters. The number of carbonyl (C=O) groups is 3.